The number of hydrogen-bond donors (Lipinski definition) is 0. The molecule has 1 saturated heterocycles. The third-order valence-electron chi connectivity index (χ3n) is 2.22. The highest BCUT2D eigenvalue weighted by atomic mass is 16.6. The normalized spacial score (nSPS) is 28.6. The van der Waals surface area contributed by atoms with Crippen LogP contribution in [0.1, 0.15) is 27.7 Å². The zero-order valence-electron chi connectivity index (χ0n) is 8.10. The smallest absolute Gasteiger partial charge is 0.0940 e. The van der Waals surface area contributed by atoms with Gasteiger partial charge < -0.3 is 9.47 Å². The molecule has 1 aliphatic rings. The molecule has 1 rings (SSSR count). The van der Waals surface area contributed by atoms with Gasteiger partial charge in [-0.15, -0.1) is 0 Å². The van der Waals surface area contributed by atoms with E-state index in [-0.39, 0.29) is 11.0 Å². The van der Waals surface area contributed by atoms with Gasteiger partial charge in [0.1, 0.15) is 0 Å². The molecule has 0 bridgehead atoms. The van der Waals surface area contributed by atoms with Crippen molar-refractivity contribution in [2.24, 2.45) is 5.41 Å². The number of rotatable bonds is 3. The monoisotopic (exact) mass is 158 g/mol. The summed E-state index contributed by atoms with van der Waals surface area (Å²) in [5, 5.41) is 0. The molecule has 0 spiro atoms. The predicted octanol–water partition coefficient (Wildman–Crippen LogP) is 1.84. The molecule has 66 valence electrons. The fourth-order valence-electron chi connectivity index (χ4n) is 1.82. The van der Waals surface area contributed by atoms with E-state index >= 15 is 0 Å². The first-order chi connectivity index (χ1) is 4.90. The number of hydrogen-bond acceptors (Lipinski definition) is 2. The Morgan fingerprint density at radius 2 is 1.91 bits per heavy atom. The van der Waals surface area contributed by atoms with Crippen LogP contribution < -0.4 is 0 Å². The molecule has 0 saturated carbocycles. The van der Waals surface area contributed by atoms with Crippen LogP contribution in [-0.4, -0.2) is 25.4 Å². The van der Waals surface area contributed by atoms with Gasteiger partial charge in [0.05, 0.1) is 18.3 Å². The van der Waals surface area contributed by atoms with E-state index in [0.717, 1.165) is 6.61 Å². The molecule has 1 fully saturated rings. The largest absolute Gasteiger partial charge is 0.384 e. The lowest BCUT2D eigenvalue weighted by Gasteiger charge is -2.21. The van der Waals surface area contributed by atoms with Crippen molar-refractivity contribution < 1.29 is 9.47 Å². The second-order valence-electron chi connectivity index (χ2n) is 4.52. The molecule has 2 nitrogen and oxygen atoms in total. The van der Waals surface area contributed by atoms with Crippen molar-refractivity contribution in [1.29, 1.82) is 0 Å². The van der Waals surface area contributed by atoms with E-state index in [1.54, 1.807) is 7.11 Å². The van der Waals surface area contributed by atoms with Crippen LogP contribution in [0.5, 0.6) is 0 Å². The van der Waals surface area contributed by atoms with Gasteiger partial charge in [0.25, 0.3) is 0 Å². The van der Waals surface area contributed by atoms with Crippen LogP contribution in [0.25, 0.3) is 0 Å². The Morgan fingerprint density at radius 1 is 1.45 bits per heavy atom. The van der Waals surface area contributed by atoms with E-state index in [1.807, 2.05) is 0 Å². The van der Waals surface area contributed by atoms with Crippen molar-refractivity contribution in [3.63, 3.8) is 0 Å². The summed E-state index contributed by atoms with van der Waals surface area (Å²) in [6.07, 6.45) is 0.356. The summed E-state index contributed by atoms with van der Waals surface area (Å²) in [4.78, 5) is 0. The van der Waals surface area contributed by atoms with Gasteiger partial charge in [0, 0.05) is 12.5 Å². The lowest BCUT2D eigenvalue weighted by Crippen LogP contribution is -2.28. The van der Waals surface area contributed by atoms with Gasteiger partial charge in [-0.05, 0) is 13.8 Å². The lowest BCUT2D eigenvalue weighted by molar-refractivity contribution is 0.0817. The van der Waals surface area contributed by atoms with Gasteiger partial charge in [0.2, 0.25) is 0 Å². The second-order valence-corrected chi connectivity index (χ2v) is 4.52. The third kappa shape index (κ3) is 1.74. The topological polar surface area (TPSA) is 21.8 Å². The van der Waals surface area contributed by atoms with Crippen molar-refractivity contribution in [2.75, 3.05) is 13.7 Å². The van der Waals surface area contributed by atoms with Crippen molar-refractivity contribution in [1.82, 2.24) is 0 Å². The third-order valence-corrected chi connectivity index (χ3v) is 2.22. The molecule has 0 amide bonds. The van der Waals surface area contributed by atoms with E-state index in [1.165, 1.54) is 0 Å². The van der Waals surface area contributed by atoms with E-state index in [4.69, 9.17) is 9.47 Å². The molecule has 1 unspecified atom stereocenters. The lowest BCUT2D eigenvalue weighted by atomic mass is 9.85. The highest BCUT2D eigenvalue weighted by Crippen LogP contribution is 2.46. The maximum absolute atomic E-state index is 5.54. The quantitative estimate of drug-likeness (QED) is 0.584. The molecule has 0 aliphatic carbocycles. The summed E-state index contributed by atoms with van der Waals surface area (Å²) >= 11 is 0. The molecule has 0 radical (unpaired) electrons. The molecule has 1 heterocycles. The van der Waals surface area contributed by atoms with E-state index in [0.29, 0.717) is 6.10 Å². The van der Waals surface area contributed by atoms with Crippen LogP contribution in [0, 0.1) is 5.41 Å². The second kappa shape index (κ2) is 2.46. The molecule has 0 aromatic heterocycles. The fraction of sp³-hybridized carbons (Fsp3) is 1.00. The number of ether oxygens (including phenoxy) is 2. The average molecular weight is 158 g/mol. The Labute approximate surface area is 68.9 Å². The minimum absolute atomic E-state index is 0.0715. The minimum atomic E-state index is 0.0715. The summed E-state index contributed by atoms with van der Waals surface area (Å²) < 4.78 is 10.7. The van der Waals surface area contributed by atoms with Crippen LogP contribution in [0.2, 0.25) is 0 Å². The molecule has 0 aromatic rings. The van der Waals surface area contributed by atoms with Crippen molar-refractivity contribution in [3.05, 3.63) is 0 Å². The molecule has 1 aliphatic heterocycles. The van der Waals surface area contributed by atoms with Crippen LogP contribution in [0.15, 0.2) is 0 Å². The predicted molar refractivity (Wildman–Crippen MR) is 44.6 cm³/mol. The van der Waals surface area contributed by atoms with Crippen molar-refractivity contribution in [2.45, 2.75) is 39.4 Å². The number of methoxy groups -OCH3 is 1. The first-order valence-electron chi connectivity index (χ1n) is 4.07. The van der Waals surface area contributed by atoms with E-state index in [2.05, 4.69) is 27.7 Å². The summed E-state index contributed by atoms with van der Waals surface area (Å²) in [6.45, 7) is 9.36. The van der Waals surface area contributed by atoms with Crippen molar-refractivity contribution in [3.8, 4) is 0 Å². The fourth-order valence-corrected chi connectivity index (χ4v) is 1.82. The molecule has 1 atom stereocenters. The van der Waals surface area contributed by atoms with Gasteiger partial charge in [-0.1, -0.05) is 13.8 Å². The summed E-state index contributed by atoms with van der Waals surface area (Å²) in [5.74, 6) is 0. The molecular weight excluding hydrogens is 140 g/mol. The van der Waals surface area contributed by atoms with Crippen LogP contribution in [-0.2, 0) is 9.47 Å². The summed E-state index contributed by atoms with van der Waals surface area (Å²) in [7, 11) is 1.73. The van der Waals surface area contributed by atoms with E-state index < -0.39 is 0 Å². The van der Waals surface area contributed by atoms with Gasteiger partial charge >= 0.3 is 0 Å². The Hall–Kier alpha value is -0.0800. The Bertz CT molecular complexity index is 150. The van der Waals surface area contributed by atoms with Crippen molar-refractivity contribution >= 4 is 0 Å². The summed E-state index contributed by atoms with van der Waals surface area (Å²) in [5.41, 5.74) is 0.223. The minimum Gasteiger partial charge on any atom is -0.384 e. The van der Waals surface area contributed by atoms with Gasteiger partial charge in [-0.2, -0.15) is 0 Å². The Balaban J connectivity index is 2.48. The SMILES string of the molecule is COCC(C)(C)C1OC1(C)C. The molecular formula is C9H18O2. The maximum atomic E-state index is 5.54. The first kappa shape index (κ1) is 9.01. The zero-order valence-corrected chi connectivity index (χ0v) is 8.10. The van der Waals surface area contributed by atoms with Crippen LogP contribution in [0.3, 0.4) is 0 Å². The standard InChI is InChI=1S/C9H18O2/c1-8(2,6-10-5)7-9(3,4)11-7/h7H,6H2,1-5H3. The maximum Gasteiger partial charge on any atom is 0.0940 e. The highest BCUT2D eigenvalue weighted by Gasteiger charge is 2.56. The zero-order chi connectivity index (χ0) is 8.70. The highest BCUT2D eigenvalue weighted by molar-refractivity contribution is 5.03. The molecule has 0 aromatic carbocycles. The Morgan fingerprint density at radius 3 is 2.18 bits per heavy atom. The average Bonchev–Trinajstić information content (AvgIpc) is 2.41. The Kier molecular flexibility index (Phi) is 2.01. The van der Waals surface area contributed by atoms with Gasteiger partial charge in [-0.3, -0.25) is 0 Å². The first-order valence-corrected chi connectivity index (χ1v) is 4.07. The van der Waals surface area contributed by atoms with Crippen LogP contribution >= 0.6 is 0 Å². The van der Waals surface area contributed by atoms with Gasteiger partial charge in [-0.25, -0.2) is 0 Å². The molecule has 0 N–H and O–H groups in total. The molecule has 2 heteroatoms. The van der Waals surface area contributed by atoms with Crippen LogP contribution in [0.4, 0.5) is 0 Å². The molecule has 11 heavy (non-hydrogen) atoms. The van der Waals surface area contributed by atoms with E-state index in [9.17, 15) is 0 Å². The van der Waals surface area contributed by atoms with Gasteiger partial charge in [0.15, 0.2) is 0 Å². The summed E-state index contributed by atoms with van der Waals surface area (Å²) in [6, 6.07) is 0. The number of epoxide rings is 1.